The summed E-state index contributed by atoms with van der Waals surface area (Å²) in [5.41, 5.74) is 0. The van der Waals surface area contributed by atoms with Gasteiger partial charge in [0.15, 0.2) is 0 Å². The maximum Gasteiger partial charge on any atom is 0.328 e. The van der Waals surface area contributed by atoms with Crippen molar-refractivity contribution in [2.45, 2.75) is 0 Å². The van der Waals surface area contributed by atoms with Gasteiger partial charge < -0.3 is 25.5 Å². The highest BCUT2D eigenvalue weighted by Gasteiger charge is 1.88. The minimum Gasteiger partial charge on any atom is -0.481 e. The first-order chi connectivity index (χ1) is 7.81. The van der Waals surface area contributed by atoms with Crippen LogP contribution in [0.5, 0.6) is 0 Å². The molecule has 0 spiro atoms. The largest absolute Gasteiger partial charge is 0.481 e. The van der Waals surface area contributed by atoms with Gasteiger partial charge >= 0.3 is 17.9 Å². The zero-order chi connectivity index (χ0) is 14.3. The molecule has 0 radical (unpaired) electrons. The van der Waals surface area contributed by atoms with E-state index < -0.39 is 17.9 Å². The van der Waals surface area contributed by atoms with Crippen LogP contribution in [0.15, 0.2) is 12.2 Å². The molecule has 0 amide bonds. The molecule has 0 saturated heterocycles. The summed E-state index contributed by atoms with van der Waals surface area (Å²) in [4.78, 5) is 28.4. The molecule has 0 aromatic heterocycles. The molecule has 0 heterocycles. The molecule has 0 aromatic rings. The van der Waals surface area contributed by atoms with Crippen molar-refractivity contribution in [1.82, 2.24) is 0 Å². The van der Waals surface area contributed by atoms with Gasteiger partial charge in [0.05, 0.1) is 19.0 Å². The Morgan fingerprint density at radius 1 is 0.882 bits per heavy atom. The monoisotopic (exact) mass is 270 g/mol. The molecule has 0 aliphatic rings. The normalized spacial score (nSPS) is 8.41. The predicted molar refractivity (Wildman–Crippen MR) is 60.1 cm³/mol. The van der Waals surface area contributed by atoms with Crippen LogP contribution in [-0.4, -0.2) is 62.4 Å². The second-order valence-electron chi connectivity index (χ2n) is 2.01. The molecular formula is C8H14O8S. The number of aliphatic carboxylic acids is 3. The average Bonchev–Trinajstić information content (AvgIpc) is 2.27. The zero-order valence-corrected chi connectivity index (χ0v) is 9.58. The van der Waals surface area contributed by atoms with Crippen LogP contribution >= 0.6 is 12.6 Å². The first-order valence-electron chi connectivity index (χ1n) is 4.00. The highest BCUT2D eigenvalue weighted by molar-refractivity contribution is 7.81. The van der Waals surface area contributed by atoms with Gasteiger partial charge in [0.25, 0.3) is 0 Å². The standard InChI is InChI=1S/C4H4O4.C2H4O2S.C2H6O2/c5-3(6)1-2-4(7)8;3-2(4)1-5;3-1-2-4/h1-2H,(H,5,6)(H,7,8);5H,1H2,(H,3,4);3-4H,1-2H2. The number of hydrogen-bond acceptors (Lipinski definition) is 6. The van der Waals surface area contributed by atoms with Crippen molar-refractivity contribution < 1.29 is 39.9 Å². The quantitative estimate of drug-likeness (QED) is 0.272. The summed E-state index contributed by atoms with van der Waals surface area (Å²) in [6, 6.07) is 0. The average molecular weight is 270 g/mol. The van der Waals surface area contributed by atoms with E-state index in [-0.39, 0.29) is 19.0 Å². The molecule has 0 unspecified atom stereocenters. The zero-order valence-electron chi connectivity index (χ0n) is 8.68. The van der Waals surface area contributed by atoms with Crippen LogP contribution in [0.25, 0.3) is 0 Å². The van der Waals surface area contributed by atoms with Crippen LogP contribution < -0.4 is 0 Å². The van der Waals surface area contributed by atoms with Gasteiger partial charge in [0.2, 0.25) is 0 Å². The lowest BCUT2D eigenvalue weighted by atomic mass is 10.5. The van der Waals surface area contributed by atoms with Crippen molar-refractivity contribution in [2.75, 3.05) is 19.0 Å². The Bertz CT molecular complexity index is 232. The Labute approximate surface area is 102 Å². The predicted octanol–water partition coefficient (Wildman–Crippen LogP) is -1.32. The van der Waals surface area contributed by atoms with E-state index in [4.69, 9.17) is 25.5 Å². The minimum atomic E-state index is -1.26. The smallest absolute Gasteiger partial charge is 0.328 e. The van der Waals surface area contributed by atoms with E-state index in [0.29, 0.717) is 12.2 Å². The van der Waals surface area contributed by atoms with Gasteiger partial charge in [-0.25, -0.2) is 9.59 Å². The lowest BCUT2D eigenvalue weighted by molar-refractivity contribution is -0.134. The fraction of sp³-hybridized carbons (Fsp3) is 0.375. The van der Waals surface area contributed by atoms with E-state index in [0.717, 1.165) is 0 Å². The summed E-state index contributed by atoms with van der Waals surface area (Å²) in [5.74, 6) is -3.48. The number of thiol groups is 1. The van der Waals surface area contributed by atoms with E-state index in [1.807, 2.05) is 0 Å². The van der Waals surface area contributed by atoms with Gasteiger partial charge in [-0.3, -0.25) is 4.79 Å². The Morgan fingerprint density at radius 2 is 1.12 bits per heavy atom. The number of carbonyl (C=O) groups is 3. The summed E-state index contributed by atoms with van der Waals surface area (Å²) in [6.07, 6.45) is 1.12. The van der Waals surface area contributed by atoms with Crippen LogP contribution in [-0.2, 0) is 14.4 Å². The fourth-order valence-electron chi connectivity index (χ4n) is 0.143. The molecule has 0 aliphatic heterocycles. The highest BCUT2D eigenvalue weighted by Crippen LogP contribution is 1.70. The van der Waals surface area contributed by atoms with Crippen LogP contribution in [0.2, 0.25) is 0 Å². The minimum absolute atomic E-state index is 0.0833. The fourth-order valence-corrected chi connectivity index (χ4v) is 0.143. The Balaban J connectivity index is -0.000000188. The molecule has 9 heteroatoms. The van der Waals surface area contributed by atoms with E-state index in [1.54, 1.807) is 0 Å². The van der Waals surface area contributed by atoms with Gasteiger partial charge in [-0.15, -0.1) is 0 Å². The van der Waals surface area contributed by atoms with Gasteiger partial charge in [-0.1, -0.05) is 0 Å². The first-order valence-corrected chi connectivity index (χ1v) is 4.63. The van der Waals surface area contributed by atoms with Crippen LogP contribution in [0.4, 0.5) is 0 Å². The number of aliphatic hydroxyl groups is 2. The third-order valence-electron chi connectivity index (χ3n) is 0.604. The number of carboxylic acids is 3. The summed E-state index contributed by atoms with van der Waals surface area (Å²) in [7, 11) is 0. The molecule has 8 nitrogen and oxygen atoms in total. The van der Waals surface area contributed by atoms with Gasteiger partial charge in [0.1, 0.15) is 0 Å². The molecule has 0 saturated carbocycles. The van der Waals surface area contributed by atoms with E-state index in [9.17, 15) is 14.4 Å². The third-order valence-corrected chi connectivity index (χ3v) is 0.874. The van der Waals surface area contributed by atoms with Crippen molar-refractivity contribution in [3.05, 3.63) is 12.2 Å². The molecule has 0 aromatic carbocycles. The van der Waals surface area contributed by atoms with E-state index in [2.05, 4.69) is 12.6 Å². The SMILES string of the molecule is O=C(O)C=CC(=O)O.O=C(O)CS.OCCO. The Hall–Kier alpha value is -1.58. The number of carboxylic acid groups (broad SMARTS) is 3. The molecule has 5 N–H and O–H groups in total. The second-order valence-corrected chi connectivity index (χ2v) is 2.33. The Morgan fingerprint density at radius 3 is 1.18 bits per heavy atom. The molecular weight excluding hydrogens is 256 g/mol. The highest BCUT2D eigenvalue weighted by atomic mass is 32.1. The maximum absolute atomic E-state index is 9.55. The van der Waals surface area contributed by atoms with Crippen molar-refractivity contribution in [3.8, 4) is 0 Å². The molecule has 0 atom stereocenters. The van der Waals surface area contributed by atoms with Crippen molar-refractivity contribution >= 4 is 30.5 Å². The lowest BCUT2D eigenvalue weighted by Crippen LogP contribution is -1.92. The van der Waals surface area contributed by atoms with Gasteiger partial charge in [-0.2, -0.15) is 12.6 Å². The van der Waals surface area contributed by atoms with Crippen LogP contribution in [0.3, 0.4) is 0 Å². The molecule has 0 rings (SSSR count). The molecule has 0 bridgehead atoms. The molecule has 0 aliphatic carbocycles. The van der Waals surface area contributed by atoms with Crippen molar-refractivity contribution in [2.24, 2.45) is 0 Å². The van der Waals surface area contributed by atoms with E-state index in [1.165, 1.54) is 0 Å². The van der Waals surface area contributed by atoms with Gasteiger partial charge in [-0.05, 0) is 0 Å². The summed E-state index contributed by atoms with van der Waals surface area (Å²) < 4.78 is 0. The molecule has 100 valence electrons. The lowest BCUT2D eigenvalue weighted by Gasteiger charge is -1.74. The molecule has 17 heavy (non-hydrogen) atoms. The third kappa shape index (κ3) is 54.0. The van der Waals surface area contributed by atoms with E-state index >= 15 is 0 Å². The number of rotatable bonds is 4. The Kier molecular flexibility index (Phi) is 20.6. The van der Waals surface area contributed by atoms with Crippen LogP contribution in [0, 0.1) is 0 Å². The second kappa shape index (κ2) is 16.8. The first kappa shape index (κ1) is 20.8. The summed E-state index contributed by atoms with van der Waals surface area (Å²) in [5, 5.41) is 38.5. The van der Waals surface area contributed by atoms with Crippen molar-refractivity contribution in [3.63, 3.8) is 0 Å². The van der Waals surface area contributed by atoms with Crippen LogP contribution in [0.1, 0.15) is 0 Å². The summed E-state index contributed by atoms with van der Waals surface area (Å²) >= 11 is 3.42. The number of hydrogen-bond donors (Lipinski definition) is 6. The number of aliphatic hydroxyl groups excluding tert-OH is 2. The topological polar surface area (TPSA) is 152 Å². The molecule has 0 fully saturated rings. The van der Waals surface area contributed by atoms with Crippen molar-refractivity contribution in [1.29, 1.82) is 0 Å². The maximum atomic E-state index is 9.55. The summed E-state index contributed by atoms with van der Waals surface area (Å²) in [6.45, 7) is -0.250. The van der Waals surface area contributed by atoms with Gasteiger partial charge in [0, 0.05) is 12.2 Å².